The van der Waals surface area contributed by atoms with Gasteiger partial charge in [-0.25, -0.2) is 4.39 Å². The molecule has 106 valence electrons. The van der Waals surface area contributed by atoms with Crippen LogP contribution in [0.2, 0.25) is 0 Å². The van der Waals surface area contributed by atoms with E-state index in [1.54, 1.807) is 6.07 Å². The fourth-order valence-electron chi connectivity index (χ4n) is 3.04. The van der Waals surface area contributed by atoms with E-state index in [-0.39, 0.29) is 5.82 Å². The zero-order chi connectivity index (χ0) is 13.9. The molecule has 1 saturated heterocycles. The summed E-state index contributed by atoms with van der Waals surface area (Å²) in [5.74, 6) is -0.145. The molecule has 1 unspecified atom stereocenters. The highest BCUT2D eigenvalue weighted by atomic mass is 19.1. The SMILES string of the molecule is Cn1nccc1CN1CCCCC1c1cccc(F)c1. The molecular weight excluding hydrogens is 253 g/mol. The molecule has 0 amide bonds. The highest BCUT2D eigenvalue weighted by Gasteiger charge is 2.24. The van der Waals surface area contributed by atoms with Gasteiger partial charge in [0, 0.05) is 25.8 Å². The molecule has 0 N–H and O–H groups in total. The zero-order valence-electron chi connectivity index (χ0n) is 11.8. The number of halogens is 1. The van der Waals surface area contributed by atoms with Gasteiger partial charge in [0.25, 0.3) is 0 Å². The summed E-state index contributed by atoms with van der Waals surface area (Å²) < 4.78 is 15.4. The molecule has 20 heavy (non-hydrogen) atoms. The minimum atomic E-state index is -0.145. The monoisotopic (exact) mass is 273 g/mol. The van der Waals surface area contributed by atoms with Crippen molar-refractivity contribution in [1.29, 1.82) is 0 Å². The van der Waals surface area contributed by atoms with Crippen LogP contribution in [-0.4, -0.2) is 21.2 Å². The van der Waals surface area contributed by atoms with Crippen LogP contribution in [0.4, 0.5) is 4.39 Å². The Hall–Kier alpha value is -1.68. The van der Waals surface area contributed by atoms with E-state index in [1.807, 2.05) is 30.1 Å². The Morgan fingerprint density at radius 3 is 2.95 bits per heavy atom. The van der Waals surface area contributed by atoms with Gasteiger partial charge >= 0.3 is 0 Å². The minimum Gasteiger partial charge on any atom is -0.291 e. The van der Waals surface area contributed by atoms with Gasteiger partial charge in [-0.3, -0.25) is 9.58 Å². The van der Waals surface area contributed by atoms with E-state index in [0.29, 0.717) is 6.04 Å². The van der Waals surface area contributed by atoms with Crippen LogP contribution in [0.1, 0.15) is 36.6 Å². The summed E-state index contributed by atoms with van der Waals surface area (Å²) in [6.45, 7) is 1.93. The first-order valence-electron chi connectivity index (χ1n) is 7.20. The van der Waals surface area contributed by atoms with Crippen LogP contribution >= 0.6 is 0 Å². The molecule has 1 aliphatic rings. The molecule has 1 atom stereocenters. The Balaban J connectivity index is 1.82. The van der Waals surface area contributed by atoms with E-state index < -0.39 is 0 Å². The first-order chi connectivity index (χ1) is 9.74. The second-order valence-corrected chi connectivity index (χ2v) is 5.48. The molecule has 1 aromatic carbocycles. The molecule has 1 aliphatic heterocycles. The van der Waals surface area contributed by atoms with Crippen molar-refractivity contribution >= 4 is 0 Å². The van der Waals surface area contributed by atoms with Crippen molar-refractivity contribution in [2.75, 3.05) is 6.54 Å². The minimum absolute atomic E-state index is 0.145. The maximum Gasteiger partial charge on any atom is 0.123 e. The van der Waals surface area contributed by atoms with Gasteiger partial charge in [0.1, 0.15) is 5.82 Å². The van der Waals surface area contributed by atoms with Gasteiger partial charge in [-0.2, -0.15) is 5.10 Å². The predicted molar refractivity (Wildman–Crippen MR) is 76.6 cm³/mol. The van der Waals surface area contributed by atoms with Gasteiger partial charge in [-0.05, 0) is 43.1 Å². The topological polar surface area (TPSA) is 21.1 Å². The number of hydrogen-bond donors (Lipinski definition) is 0. The Bertz CT molecular complexity index is 579. The number of piperidine rings is 1. The first-order valence-corrected chi connectivity index (χ1v) is 7.20. The summed E-state index contributed by atoms with van der Waals surface area (Å²) in [6, 6.07) is 9.40. The van der Waals surface area contributed by atoms with Crippen LogP contribution < -0.4 is 0 Å². The summed E-state index contributed by atoms with van der Waals surface area (Å²) in [4.78, 5) is 2.44. The molecule has 2 aromatic rings. The summed E-state index contributed by atoms with van der Waals surface area (Å²) in [6.07, 6.45) is 5.35. The fraction of sp³-hybridized carbons (Fsp3) is 0.438. The maximum absolute atomic E-state index is 13.5. The summed E-state index contributed by atoms with van der Waals surface area (Å²) >= 11 is 0. The van der Waals surface area contributed by atoms with E-state index in [9.17, 15) is 4.39 Å². The van der Waals surface area contributed by atoms with E-state index in [2.05, 4.69) is 16.1 Å². The molecule has 0 radical (unpaired) electrons. The van der Waals surface area contributed by atoms with Crippen molar-refractivity contribution < 1.29 is 4.39 Å². The molecule has 0 spiro atoms. The number of rotatable bonds is 3. The number of likely N-dealkylation sites (tertiary alicyclic amines) is 1. The lowest BCUT2D eigenvalue weighted by atomic mass is 9.95. The zero-order valence-corrected chi connectivity index (χ0v) is 11.8. The normalized spacial score (nSPS) is 20.2. The van der Waals surface area contributed by atoms with Crippen LogP contribution in [0.5, 0.6) is 0 Å². The standard InChI is InChI=1S/C16H20FN3/c1-19-15(8-9-18-19)12-20-10-3-2-7-16(20)13-5-4-6-14(17)11-13/h4-6,8-9,11,16H,2-3,7,10,12H2,1H3. The van der Waals surface area contributed by atoms with Crippen molar-refractivity contribution in [3.05, 3.63) is 53.6 Å². The third-order valence-corrected chi connectivity index (χ3v) is 4.13. The average Bonchev–Trinajstić information content (AvgIpc) is 2.85. The molecule has 0 saturated carbocycles. The third-order valence-electron chi connectivity index (χ3n) is 4.13. The van der Waals surface area contributed by atoms with Crippen LogP contribution in [0.15, 0.2) is 36.5 Å². The molecule has 2 heterocycles. The Morgan fingerprint density at radius 2 is 2.20 bits per heavy atom. The summed E-state index contributed by atoms with van der Waals surface area (Å²) in [7, 11) is 1.97. The number of aromatic nitrogens is 2. The van der Waals surface area contributed by atoms with Crippen LogP contribution in [-0.2, 0) is 13.6 Å². The summed E-state index contributed by atoms with van der Waals surface area (Å²) in [5, 5.41) is 4.22. The highest BCUT2D eigenvalue weighted by Crippen LogP contribution is 2.32. The van der Waals surface area contributed by atoms with Crippen molar-refractivity contribution in [1.82, 2.24) is 14.7 Å². The van der Waals surface area contributed by atoms with Gasteiger partial charge in [-0.15, -0.1) is 0 Å². The first kappa shape index (κ1) is 13.3. The highest BCUT2D eigenvalue weighted by molar-refractivity contribution is 5.21. The molecule has 1 aromatic heterocycles. The number of hydrogen-bond acceptors (Lipinski definition) is 2. The van der Waals surface area contributed by atoms with Gasteiger partial charge in [-0.1, -0.05) is 18.6 Å². The van der Waals surface area contributed by atoms with Gasteiger partial charge < -0.3 is 0 Å². The Labute approximate surface area is 119 Å². The van der Waals surface area contributed by atoms with E-state index >= 15 is 0 Å². The van der Waals surface area contributed by atoms with E-state index in [4.69, 9.17) is 0 Å². The molecule has 1 fully saturated rings. The predicted octanol–water partition coefficient (Wildman–Crippen LogP) is 3.29. The van der Waals surface area contributed by atoms with Gasteiger partial charge in [0.2, 0.25) is 0 Å². The Kier molecular flexibility index (Phi) is 3.83. The molecule has 4 heteroatoms. The van der Waals surface area contributed by atoms with Crippen LogP contribution in [0.3, 0.4) is 0 Å². The fourth-order valence-corrected chi connectivity index (χ4v) is 3.04. The maximum atomic E-state index is 13.5. The van der Waals surface area contributed by atoms with Gasteiger partial charge in [0.05, 0.1) is 5.69 Å². The van der Waals surface area contributed by atoms with Gasteiger partial charge in [0.15, 0.2) is 0 Å². The van der Waals surface area contributed by atoms with Crippen molar-refractivity contribution in [2.24, 2.45) is 7.05 Å². The third kappa shape index (κ3) is 2.75. The molecule has 0 bridgehead atoms. The van der Waals surface area contributed by atoms with Crippen molar-refractivity contribution in [3.8, 4) is 0 Å². The number of nitrogens with zero attached hydrogens (tertiary/aromatic N) is 3. The van der Waals surface area contributed by atoms with Crippen molar-refractivity contribution in [3.63, 3.8) is 0 Å². The Morgan fingerprint density at radius 1 is 1.30 bits per heavy atom. The quantitative estimate of drug-likeness (QED) is 0.855. The largest absolute Gasteiger partial charge is 0.291 e. The van der Waals surface area contributed by atoms with Crippen molar-refractivity contribution in [2.45, 2.75) is 31.8 Å². The number of benzene rings is 1. The lowest BCUT2D eigenvalue weighted by Crippen LogP contribution is -2.33. The molecule has 3 rings (SSSR count). The number of aryl methyl sites for hydroxylation is 1. The van der Waals surface area contributed by atoms with Crippen LogP contribution in [0, 0.1) is 5.82 Å². The smallest absolute Gasteiger partial charge is 0.123 e. The lowest BCUT2D eigenvalue weighted by molar-refractivity contribution is 0.136. The lowest BCUT2D eigenvalue weighted by Gasteiger charge is -2.36. The summed E-state index contributed by atoms with van der Waals surface area (Å²) in [5.41, 5.74) is 2.29. The molecular formula is C16H20FN3. The van der Waals surface area contributed by atoms with Crippen LogP contribution in [0.25, 0.3) is 0 Å². The van der Waals surface area contributed by atoms with E-state index in [1.165, 1.54) is 24.6 Å². The average molecular weight is 273 g/mol. The van der Waals surface area contributed by atoms with E-state index in [0.717, 1.165) is 25.1 Å². The molecule has 0 aliphatic carbocycles. The second-order valence-electron chi connectivity index (χ2n) is 5.48. The second kappa shape index (κ2) is 5.75. The molecule has 3 nitrogen and oxygen atoms in total.